The number of morpholine rings is 1. The van der Waals surface area contributed by atoms with Crippen molar-refractivity contribution < 1.29 is 26.4 Å². The number of hydrogen-bond donors (Lipinski definition) is 1. The van der Waals surface area contributed by atoms with E-state index in [1.807, 2.05) is 34.9 Å². The van der Waals surface area contributed by atoms with E-state index in [2.05, 4.69) is 4.72 Å². The fourth-order valence-corrected chi connectivity index (χ4v) is 8.43. The summed E-state index contributed by atoms with van der Waals surface area (Å²) in [6.07, 6.45) is 7.28. The van der Waals surface area contributed by atoms with Gasteiger partial charge in [-0.3, -0.25) is 4.79 Å². The van der Waals surface area contributed by atoms with Crippen LogP contribution in [-0.2, 0) is 31.5 Å². The van der Waals surface area contributed by atoms with E-state index < -0.39 is 26.1 Å². The lowest BCUT2D eigenvalue weighted by atomic mass is 9.81. The maximum absolute atomic E-state index is 14.0. The van der Waals surface area contributed by atoms with E-state index in [1.165, 1.54) is 30.4 Å². The van der Waals surface area contributed by atoms with Gasteiger partial charge < -0.3 is 9.30 Å². The minimum Gasteiger partial charge on any atom is -0.379 e. The molecule has 1 saturated heterocycles. The maximum Gasteiger partial charge on any atom is 0.303 e. The molecule has 3 aliphatic rings. The third-order valence-electron chi connectivity index (χ3n) is 8.57. The van der Waals surface area contributed by atoms with Gasteiger partial charge in [-0.25, -0.2) is 13.1 Å². The lowest BCUT2D eigenvalue weighted by molar-refractivity contribution is 0.0734. The number of aromatic nitrogens is 1. The van der Waals surface area contributed by atoms with Crippen molar-refractivity contribution >= 4 is 43.1 Å². The Morgan fingerprint density at radius 1 is 0.976 bits per heavy atom. The zero-order valence-corrected chi connectivity index (χ0v) is 25.5. The molecule has 0 radical (unpaired) electrons. The van der Waals surface area contributed by atoms with Crippen LogP contribution in [0.5, 0.6) is 0 Å². The number of benzene rings is 2. The van der Waals surface area contributed by atoms with Crippen LogP contribution in [0.4, 0.5) is 0 Å². The molecule has 1 aliphatic carbocycles. The molecule has 2 aliphatic heterocycles. The molecule has 0 atom stereocenters. The molecule has 1 N–H and O–H groups in total. The van der Waals surface area contributed by atoms with Crippen LogP contribution in [0.15, 0.2) is 47.4 Å². The number of nitrogens with zero attached hydrogens (tertiary/aromatic N) is 3. The first kappa shape index (κ1) is 29.1. The molecule has 1 amide bonds. The van der Waals surface area contributed by atoms with Crippen LogP contribution in [0.2, 0.25) is 0 Å². The number of carbonyl (C=O) groups excluding carboxylic acids is 1. The Balaban J connectivity index is 1.57. The Bertz CT molecular complexity index is 1780. The fourth-order valence-electron chi connectivity index (χ4n) is 6.37. The minimum absolute atomic E-state index is 0.0913. The van der Waals surface area contributed by atoms with E-state index in [9.17, 15) is 21.6 Å². The molecule has 3 heterocycles. The Hall–Kier alpha value is -3.03. The van der Waals surface area contributed by atoms with Crippen molar-refractivity contribution in [2.75, 3.05) is 40.4 Å². The highest BCUT2D eigenvalue weighted by atomic mass is 32.2. The molecule has 1 saturated carbocycles. The second kappa shape index (κ2) is 11.2. The molecule has 0 spiro atoms. The van der Waals surface area contributed by atoms with E-state index in [1.54, 1.807) is 18.2 Å². The van der Waals surface area contributed by atoms with E-state index in [4.69, 9.17) is 4.74 Å². The third-order valence-corrected chi connectivity index (χ3v) is 11.9. The van der Waals surface area contributed by atoms with E-state index in [-0.39, 0.29) is 22.9 Å². The van der Waals surface area contributed by atoms with Crippen LogP contribution in [0, 0.1) is 0 Å². The molecule has 3 aromatic rings. The molecule has 0 unspecified atom stereocenters. The largest absolute Gasteiger partial charge is 0.379 e. The van der Waals surface area contributed by atoms with Gasteiger partial charge in [0.25, 0.3) is 5.91 Å². The predicted molar refractivity (Wildman–Crippen MR) is 163 cm³/mol. The summed E-state index contributed by atoms with van der Waals surface area (Å²) < 4.78 is 64.8. The first-order chi connectivity index (χ1) is 20.1. The molecular weight excluding hydrogens is 576 g/mol. The van der Waals surface area contributed by atoms with Gasteiger partial charge in [0.2, 0.25) is 10.0 Å². The summed E-state index contributed by atoms with van der Waals surface area (Å²) in [7, 11) is -5.10. The van der Waals surface area contributed by atoms with Crippen molar-refractivity contribution in [1.29, 1.82) is 0 Å². The molecule has 224 valence electrons. The smallest absolute Gasteiger partial charge is 0.303 e. The highest BCUT2D eigenvalue weighted by Gasteiger charge is 2.34. The average molecular weight is 613 g/mol. The summed E-state index contributed by atoms with van der Waals surface area (Å²) in [6, 6.07) is 13.1. The third kappa shape index (κ3) is 5.19. The van der Waals surface area contributed by atoms with Gasteiger partial charge in [-0.2, -0.15) is 17.0 Å². The van der Waals surface area contributed by atoms with Gasteiger partial charge in [-0.05, 0) is 48.1 Å². The zero-order chi connectivity index (χ0) is 29.6. The van der Waals surface area contributed by atoms with E-state index >= 15 is 0 Å². The molecule has 6 rings (SSSR count). The minimum atomic E-state index is -3.99. The number of hydrogen-bond acceptors (Lipinski definition) is 6. The van der Waals surface area contributed by atoms with Crippen molar-refractivity contribution in [1.82, 2.24) is 17.9 Å². The summed E-state index contributed by atoms with van der Waals surface area (Å²) in [5, 5.41) is 0.962. The Morgan fingerprint density at radius 3 is 2.40 bits per heavy atom. The number of fused-ring (bicyclic) bond motifs is 5. The molecule has 1 aromatic heterocycles. The van der Waals surface area contributed by atoms with Gasteiger partial charge in [0, 0.05) is 49.2 Å². The lowest BCUT2D eigenvalue weighted by Gasteiger charge is -2.27. The van der Waals surface area contributed by atoms with Crippen molar-refractivity contribution in [3.8, 4) is 11.3 Å². The van der Waals surface area contributed by atoms with Crippen molar-refractivity contribution in [3.63, 3.8) is 0 Å². The second-order valence-electron chi connectivity index (χ2n) is 11.3. The fraction of sp³-hybridized carbons (Fsp3) is 0.433. The molecule has 2 fully saturated rings. The normalized spacial score (nSPS) is 18.8. The molecular formula is C30H36N4O6S2. The van der Waals surface area contributed by atoms with Gasteiger partial charge in [0.15, 0.2) is 0 Å². The van der Waals surface area contributed by atoms with Crippen molar-refractivity contribution in [3.05, 3.63) is 64.1 Å². The monoisotopic (exact) mass is 612 g/mol. The molecule has 42 heavy (non-hydrogen) atoms. The van der Waals surface area contributed by atoms with Crippen LogP contribution in [-0.4, -0.2) is 76.3 Å². The maximum atomic E-state index is 14.0. The summed E-state index contributed by atoms with van der Waals surface area (Å²) in [4.78, 5) is 13.4. The van der Waals surface area contributed by atoms with E-state index in [0.717, 1.165) is 52.2 Å². The van der Waals surface area contributed by atoms with Gasteiger partial charge in [0.1, 0.15) is 0 Å². The van der Waals surface area contributed by atoms with Crippen LogP contribution in [0.1, 0.15) is 59.5 Å². The van der Waals surface area contributed by atoms with Crippen molar-refractivity contribution in [2.24, 2.45) is 0 Å². The Morgan fingerprint density at radius 2 is 1.69 bits per heavy atom. The Labute approximate surface area is 247 Å². The van der Waals surface area contributed by atoms with Gasteiger partial charge in [0.05, 0.1) is 30.4 Å². The number of rotatable bonds is 6. The number of sulfonamides is 1. The lowest BCUT2D eigenvalue weighted by Crippen LogP contribution is -2.41. The Kier molecular flexibility index (Phi) is 7.77. The summed E-state index contributed by atoms with van der Waals surface area (Å²) in [5.41, 5.74) is 4.81. The van der Waals surface area contributed by atoms with Gasteiger partial charge in [-0.15, -0.1) is 0 Å². The van der Waals surface area contributed by atoms with Crippen LogP contribution in [0.3, 0.4) is 0 Å². The summed E-state index contributed by atoms with van der Waals surface area (Å²) in [5.74, 6) is -0.456. The number of allylic oxidation sites excluding steroid dienone is 1. The van der Waals surface area contributed by atoms with E-state index in [0.29, 0.717) is 31.8 Å². The molecule has 12 heteroatoms. The first-order valence-electron chi connectivity index (χ1n) is 14.4. The number of ether oxygens (including phenoxy) is 1. The average Bonchev–Trinajstić information content (AvgIpc) is 3.19. The predicted octanol–water partition coefficient (Wildman–Crippen LogP) is 3.91. The van der Waals surface area contributed by atoms with Crippen LogP contribution >= 0.6 is 0 Å². The van der Waals surface area contributed by atoms with Crippen molar-refractivity contribution in [2.45, 2.75) is 44.6 Å². The number of nitrogens with one attached hydrogen (secondary N) is 1. The second-order valence-corrected chi connectivity index (χ2v) is 15.2. The van der Waals surface area contributed by atoms with Crippen LogP contribution < -0.4 is 4.72 Å². The van der Waals surface area contributed by atoms with Gasteiger partial charge >= 0.3 is 10.2 Å². The highest BCUT2D eigenvalue weighted by Crippen LogP contribution is 2.47. The SMILES string of the molecule is CN(C)S(=O)(=O)NC(=O)c1ccc2c(C3CCCCC3)c3n(c2c1)CC(S(=O)(=O)N1CCOCC1)=Cc1ccccc1-3. The number of carbonyl (C=O) groups is 1. The first-order valence-corrected chi connectivity index (χ1v) is 17.2. The summed E-state index contributed by atoms with van der Waals surface area (Å²) in [6.45, 7) is 1.37. The topological polar surface area (TPSA) is 118 Å². The zero-order valence-electron chi connectivity index (χ0n) is 23.9. The molecule has 10 nitrogen and oxygen atoms in total. The standard InChI is InChI=1S/C30H36N4O6S2/c1-32(2)42(38,39)31-30(35)23-12-13-26-27(19-23)34-20-24(41(36,37)33-14-16-40-17-15-33)18-22-10-6-7-11-25(22)29(34)28(26)21-8-4-3-5-9-21/h6-7,10-13,18-19,21H,3-5,8-9,14-17,20H2,1-2H3,(H,31,35). The molecule has 0 bridgehead atoms. The highest BCUT2D eigenvalue weighted by molar-refractivity contribution is 7.93. The number of amides is 1. The summed E-state index contributed by atoms with van der Waals surface area (Å²) >= 11 is 0. The van der Waals surface area contributed by atoms with Crippen LogP contribution in [0.25, 0.3) is 28.2 Å². The molecule has 2 aromatic carbocycles. The quantitative estimate of drug-likeness (QED) is 0.451. The van der Waals surface area contributed by atoms with Gasteiger partial charge in [-0.1, -0.05) is 49.6 Å².